The van der Waals surface area contributed by atoms with Gasteiger partial charge in [-0.2, -0.15) is 0 Å². The molecule has 0 bridgehead atoms. The molecule has 0 saturated carbocycles. The number of furan rings is 1. The molecule has 9 heteroatoms. The summed E-state index contributed by atoms with van der Waals surface area (Å²) in [6.07, 6.45) is 0. The van der Waals surface area contributed by atoms with Crippen molar-refractivity contribution in [3.8, 4) is 16.9 Å². The van der Waals surface area contributed by atoms with Crippen LogP contribution < -0.4 is 14.4 Å². The number of halogens is 1. The lowest BCUT2D eigenvalue weighted by Gasteiger charge is -2.16. The van der Waals surface area contributed by atoms with Crippen LogP contribution in [0.3, 0.4) is 0 Å². The van der Waals surface area contributed by atoms with Gasteiger partial charge >= 0.3 is 5.91 Å². The van der Waals surface area contributed by atoms with E-state index in [1.807, 2.05) is 25.1 Å². The molecule has 1 N–H and O–H groups in total. The topological polar surface area (TPSA) is 88.8 Å². The molecule has 7 nitrogen and oxygen atoms in total. The van der Waals surface area contributed by atoms with Crippen LogP contribution in [0.5, 0.6) is 5.75 Å². The molecule has 34 heavy (non-hydrogen) atoms. The van der Waals surface area contributed by atoms with Crippen molar-refractivity contribution in [2.24, 2.45) is 0 Å². The van der Waals surface area contributed by atoms with Crippen LogP contribution in [-0.4, -0.2) is 35.0 Å². The van der Waals surface area contributed by atoms with Gasteiger partial charge in [0.2, 0.25) is 0 Å². The zero-order valence-corrected chi connectivity index (χ0v) is 20.4. The fraction of sp³-hybridized carbons (Fsp3) is 0.160. The average molecular weight is 499 g/mol. The summed E-state index contributed by atoms with van der Waals surface area (Å²) in [6, 6.07) is 18.6. The second-order valence-electron chi connectivity index (χ2n) is 7.74. The number of sulfonamides is 1. The van der Waals surface area contributed by atoms with Crippen LogP contribution in [0.25, 0.3) is 22.1 Å². The highest BCUT2D eigenvalue weighted by Gasteiger charge is 2.28. The molecular weight excluding hydrogens is 476 g/mol. The summed E-state index contributed by atoms with van der Waals surface area (Å²) in [6.45, 7) is 1.99. The molecule has 0 aliphatic carbocycles. The largest absolute Gasteiger partial charge is 0.492 e. The minimum absolute atomic E-state index is 0.118. The van der Waals surface area contributed by atoms with Crippen LogP contribution in [-0.2, 0) is 10.0 Å². The van der Waals surface area contributed by atoms with Crippen LogP contribution in [0.2, 0.25) is 5.02 Å². The van der Waals surface area contributed by atoms with E-state index in [0.717, 1.165) is 5.69 Å². The fourth-order valence-electron chi connectivity index (χ4n) is 3.58. The van der Waals surface area contributed by atoms with Gasteiger partial charge < -0.3 is 14.1 Å². The van der Waals surface area contributed by atoms with Crippen molar-refractivity contribution in [3.63, 3.8) is 0 Å². The third-order valence-corrected chi connectivity index (χ3v) is 6.80. The van der Waals surface area contributed by atoms with Crippen LogP contribution in [0.15, 0.2) is 76.0 Å². The minimum Gasteiger partial charge on any atom is -0.492 e. The zero-order valence-electron chi connectivity index (χ0n) is 18.8. The SMILES string of the molecule is CCOc1cccc(-c2cccc(Cl)c2)c1S(=O)(=O)NC(=O)c1cc2ccc(N(C)C)cc2o1. The molecule has 0 fully saturated rings. The van der Waals surface area contributed by atoms with E-state index >= 15 is 0 Å². The van der Waals surface area contributed by atoms with Crippen LogP contribution in [0.1, 0.15) is 17.5 Å². The number of amides is 1. The Labute approximate surface area is 202 Å². The van der Waals surface area contributed by atoms with E-state index in [9.17, 15) is 13.2 Å². The van der Waals surface area contributed by atoms with Gasteiger partial charge in [0, 0.05) is 41.8 Å². The number of ether oxygens (including phenoxy) is 1. The highest BCUT2D eigenvalue weighted by atomic mass is 35.5. The van der Waals surface area contributed by atoms with Crippen molar-refractivity contribution in [2.45, 2.75) is 11.8 Å². The van der Waals surface area contributed by atoms with Crippen molar-refractivity contribution in [3.05, 3.63) is 77.5 Å². The number of rotatable bonds is 7. The van der Waals surface area contributed by atoms with Crippen molar-refractivity contribution in [1.29, 1.82) is 0 Å². The lowest BCUT2D eigenvalue weighted by Crippen LogP contribution is -2.31. The molecule has 3 aromatic carbocycles. The first-order valence-electron chi connectivity index (χ1n) is 10.5. The summed E-state index contributed by atoms with van der Waals surface area (Å²) >= 11 is 6.13. The van der Waals surface area contributed by atoms with Gasteiger partial charge in [0.05, 0.1) is 6.61 Å². The first kappa shape index (κ1) is 23.7. The summed E-state index contributed by atoms with van der Waals surface area (Å²) in [5.41, 5.74) is 2.29. The van der Waals surface area contributed by atoms with E-state index in [2.05, 4.69) is 4.72 Å². The number of benzene rings is 3. The first-order valence-corrected chi connectivity index (χ1v) is 12.4. The fourth-order valence-corrected chi connectivity index (χ4v) is 5.08. The molecule has 0 aliphatic rings. The quantitative estimate of drug-likeness (QED) is 0.370. The van der Waals surface area contributed by atoms with E-state index in [-0.39, 0.29) is 23.0 Å². The number of hydrogen-bond donors (Lipinski definition) is 1. The van der Waals surface area contributed by atoms with Gasteiger partial charge in [0.25, 0.3) is 10.0 Å². The maximum absolute atomic E-state index is 13.5. The van der Waals surface area contributed by atoms with E-state index in [1.54, 1.807) is 61.5 Å². The summed E-state index contributed by atoms with van der Waals surface area (Å²) in [7, 11) is -0.574. The van der Waals surface area contributed by atoms with Crippen molar-refractivity contribution >= 4 is 44.2 Å². The Balaban J connectivity index is 1.74. The van der Waals surface area contributed by atoms with E-state index in [1.165, 1.54) is 6.07 Å². The average Bonchev–Trinajstić information content (AvgIpc) is 3.22. The lowest BCUT2D eigenvalue weighted by atomic mass is 10.1. The van der Waals surface area contributed by atoms with Gasteiger partial charge in [-0.3, -0.25) is 4.79 Å². The normalized spacial score (nSPS) is 11.4. The van der Waals surface area contributed by atoms with Gasteiger partial charge in [-0.25, -0.2) is 13.1 Å². The number of fused-ring (bicyclic) bond motifs is 1. The zero-order chi connectivity index (χ0) is 24.5. The van der Waals surface area contributed by atoms with Crippen molar-refractivity contribution in [2.75, 3.05) is 25.6 Å². The van der Waals surface area contributed by atoms with E-state index in [0.29, 0.717) is 27.1 Å². The summed E-state index contributed by atoms with van der Waals surface area (Å²) in [5.74, 6) is -0.876. The Morgan fingerprint density at radius 3 is 2.53 bits per heavy atom. The molecule has 4 rings (SSSR count). The van der Waals surface area contributed by atoms with Crippen LogP contribution in [0, 0.1) is 0 Å². The Kier molecular flexibility index (Phi) is 6.54. The Morgan fingerprint density at radius 1 is 1.06 bits per heavy atom. The Morgan fingerprint density at radius 2 is 1.82 bits per heavy atom. The molecule has 1 aromatic heterocycles. The summed E-state index contributed by atoms with van der Waals surface area (Å²) in [4.78, 5) is 14.7. The number of anilines is 1. The predicted molar refractivity (Wildman–Crippen MR) is 133 cm³/mol. The number of hydrogen-bond acceptors (Lipinski definition) is 6. The van der Waals surface area contributed by atoms with Gasteiger partial charge in [0.1, 0.15) is 16.2 Å². The summed E-state index contributed by atoms with van der Waals surface area (Å²) in [5, 5.41) is 1.13. The van der Waals surface area contributed by atoms with Gasteiger partial charge in [-0.05, 0) is 48.9 Å². The smallest absolute Gasteiger partial charge is 0.300 e. The van der Waals surface area contributed by atoms with Crippen LogP contribution in [0.4, 0.5) is 5.69 Å². The third-order valence-electron chi connectivity index (χ3n) is 5.15. The van der Waals surface area contributed by atoms with E-state index < -0.39 is 15.9 Å². The maximum Gasteiger partial charge on any atom is 0.300 e. The molecule has 176 valence electrons. The van der Waals surface area contributed by atoms with Crippen molar-refractivity contribution in [1.82, 2.24) is 4.72 Å². The number of carbonyl (C=O) groups excluding carboxylic acids is 1. The summed E-state index contributed by atoms with van der Waals surface area (Å²) < 4.78 is 40.3. The molecule has 4 aromatic rings. The molecule has 0 aliphatic heterocycles. The standard InChI is InChI=1S/C25H23ClN2O5S/c1-4-32-21-10-6-9-20(16-7-5-8-18(26)13-16)24(21)34(30,31)27-25(29)23-14-17-11-12-19(28(2)3)15-22(17)33-23/h5-15H,4H2,1-3H3,(H,27,29). The van der Waals surface area contributed by atoms with E-state index in [4.69, 9.17) is 20.8 Å². The highest BCUT2D eigenvalue weighted by Crippen LogP contribution is 2.36. The Hall–Kier alpha value is -3.49. The lowest BCUT2D eigenvalue weighted by molar-refractivity contribution is 0.0956. The third kappa shape index (κ3) is 4.73. The molecule has 1 amide bonds. The van der Waals surface area contributed by atoms with Crippen molar-refractivity contribution < 1.29 is 22.4 Å². The molecule has 0 radical (unpaired) electrons. The highest BCUT2D eigenvalue weighted by molar-refractivity contribution is 7.90. The number of carbonyl (C=O) groups is 1. The molecular formula is C25H23ClN2O5S. The molecule has 0 atom stereocenters. The number of nitrogens with one attached hydrogen (secondary N) is 1. The predicted octanol–water partition coefficient (Wildman–Crippen LogP) is 5.34. The molecule has 0 spiro atoms. The van der Waals surface area contributed by atoms with Gasteiger partial charge in [-0.15, -0.1) is 0 Å². The monoisotopic (exact) mass is 498 g/mol. The number of nitrogens with zero attached hydrogens (tertiary/aromatic N) is 1. The Bertz CT molecular complexity index is 1480. The first-order chi connectivity index (χ1) is 16.2. The molecule has 0 unspecified atom stereocenters. The van der Waals surface area contributed by atoms with Gasteiger partial charge in [-0.1, -0.05) is 35.9 Å². The molecule has 0 saturated heterocycles. The minimum atomic E-state index is -4.35. The van der Waals surface area contributed by atoms with Gasteiger partial charge in [0.15, 0.2) is 5.76 Å². The van der Waals surface area contributed by atoms with Crippen LogP contribution >= 0.6 is 11.6 Å². The maximum atomic E-state index is 13.5. The molecule has 1 heterocycles. The second kappa shape index (κ2) is 9.40. The second-order valence-corrected chi connectivity index (χ2v) is 9.79.